The third kappa shape index (κ3) is 5.55. The number of aryl methyl sites for hydroxylation is 1. The van der Waals surface area contributed by atoms with Crippen molar-refractivity contribution in [3.8, 4) is 16.5 Å². The molecule has 0 aliphatic carbocycles. The summed E-state index contributed by atoms with van der Waals surface area (Å²) in [5, 5.41) is 9.82. The van der Waals surface area contributed by atoms with Crippen molar-refractivity contribution in [2.45, 2.75) is 83.1 Å². The highest BCUT2D eigenvalue weighted by Crippen LogP contribution is 2.40. The number of thiophene rings is 1. The van der Waals surface area contributed by atoms with Crippen molar-refractivity contribution in [2.75, 3.05) is 0 Å². The quantitative estimate of drug-likeness (QED) is 0.254. The third-order valence-electron chi connectivity index (χ3n) is 8.10. The number of ether oxygens (including phenoxy) is 3. The molecule has 2 aliphatic heterocycles. The fourth-order valence-corrected chi connectivity index (χ4v) is 7.27. The molecule has 15 heteroatoms. The summed E-state index contributed by atoms with van der Waals surface area (Å²) in [5.41, 5.74) is -1.46. The molecule has 6 rings (SSSR count). The van der Waals surface area contributed by atoms with Crippen molar-refractivity contribution in [1.29, 1.82) is 0 Å². The number of carboxylic acid groups (broad SMARTS) is 1. The van der Waals surface area contributed by atoms with Gasteiger partial charge in [-0.05, 0) is 63.3 Å². The molecule has 0 unspecified atom stereocenters. The van der Waals surface area contributed by atoms with Crippen molar-refractivity contribution in [3.05, 3.63) is 68.4 Å². The number of hydrogen-bond donors (Lipinski definition) is 1. The highest BCUT2D eigenvalue weighted by atomic mass is 32.1. The monoisotopic (exact) mass is 635 g/mol. The third-order valence-corrected chi connectivity index (χ3v) is 9.40. The Labute approximate surface area is 251 Å². The molecule has 4 atom stereocenters. The van der Waals surface area contributed by atoms with Crippen LogP contribution in [0.5, 0.6) is 5.75 Å². The maximum absolute atomic E-state index is 14.6. The van der Waals surface area contributed by atoms with Crippen LogP contribution in [0.2, 0.25) is 0 Å². The maximum atomic E-state index is 14.6. The summed E-state index contributed by atoms with van der Waals surface area (Å²) in [5.74, 6) is -2.33. The van der Waals surface area contributed by atoms with Crippen LogP contribution in [0.4, 0.5) is 13.2 Å². The SMILES string of the molecule is Cc1c(-c2ncco2)sc2c1c(=O)n([C@@H](C)C(=O)O)c(=O)n2C[C@H](OC1C[C@H]2CC[C@H](C1)O2)c1cc(F)ccc1OC(F)F. The zero-order chi connectivity index (χ0) is 31.3. The number of rotatable bonds is 10. The normalized spacial score (nSPS) is 21.2. The molecule has 3 aromatic heterocycles. The molecule has 44 heavy (non-hydrogen) atoms. The number of hydrogen-bond acceptors (Lipinski definition) is 9. The highest BCUT2D eigenvalue weighted by molar-refractivity contribution is 7.22. The lowest BCUT2D eigenvalue weighted by Crippen LogP contribution is -2.44. The number of carboxylic acids is 1. The standard InChI is InChI=1S/C29H28F3N3O8S/c1-13-22-25(36)35(14(2)27(37)38)29(39)34(26(22)44-23(13)24-33-7-8-40-24)12-21(42-18-10-16-4-5-17(11-18)41-16)19-9-15(30)3-6-20(19)43-28(31)32/h3,6-9,14,16-18,21,28H,4-5,10-12H2,1-2H3,(H,37,38)/t14-,16+,17+,21-/m0/s1. The van der Waals surface area contributed by atoms with Gasteiger partial charge in [-0.3, -0.25) is 9.36 Å². The molecule has 4 aromatic rings. The Morgan fingerprint density at radius 1 is 1.23 bits per heavy atom. The summed E-state index contributed by atoms with van der Waals surface area (Å²) in [6, 6.07) is 1.49. The highest BCUT2D eigenvalue weighted by Gasteiger charge is 2.38. The molecule has 2 aliphatic rings. The van der Waals surface area contributed by atoms with E-state index >= 15 is 0 Å². The first kappa shape index (κ1) is 30.1. The predicted molar refractivity (Wildman–Crippen MR) is 151 cm³/mol. The number of alkyl halides is 2. The van der Waals surface area contributed by atoms with E-state index < -0.39 is 47.9 Å². The summed E-state index contributed by atoms with van der Waals surface area (Å²) in [4.78, 5) is 44.4. The lowest BCUT2D eigenvalue weighted by Gasteiger charge is -2.32. The van der Waals surface area contributed by atoms with E-state index in [0.29, 0.717) is 27.8 Å². The molecule has 2 fully saturated rings. The Morgan fingerprint density at radius 2 is 1.95 bits per heavy atom. The lowest BCUT2D eigenvalue weighted by molar-refractivity contribution is -0.140. The van der Waals surface area contributed by atoms with Crippen molar-refractivity contribution < 1.29 is 41.7 Å². The summed E-state index contributed by atoms with van der Waals surface area (Å²) in [7, 11) is 0. The largest absolute Gasteiger partial charge is 0.480 e. The van der Waals surface area contributed by atoms with Crippen LogP contribution in [0.25, 0.3) is 21.0 Å². The van der Waals surface area contributed by atoms with Gasteiger partial charge in [0, 0.05) is 5.56 Å². The fourth-order valence-electron chi connectivity index (χ4n) is 6.02. The van der Waals surface area contributed by atoms with Crippen molar-refractivity contribution in [1.82, 2.24) is 14.1 Å². The minimum Gasteiger partial charge on any atom is -0.480 e. The van der Waals surface area contributed by atoms with Crippen LogP contribution >= 0.6 is 11.3 Å². The zero-order valence-corrected chi connectivity index (χ0v) is 24.4. The van der Waals surface area contributed by atoms with Gasteiger partial charge in [-0.25, -0.2) is 23.5 Å². The Hall–Kier alpha value is -3.95. The number of carbonyl (C=O) groups is 1. The van der Waals surface area contributed by atoms with Gasteiger partial charge >= 0.3 is 18.3 Å². The number of benzene rings is 1. The van der Waals surface area contributed by atoms with Gasteiger partial charge in [0.15, 0.2) is 0 Å². The van der Waals surface area contributed by atoms with Crippen LogP contribution < -0.4 is 16.0 Å². The predicted octanol–water partition coefficient (Wildman–Crippen LogP) is 5.04. The zero-order valence-electron chi connectivity index (χ0n) is 23.6. The number of oxazole rings is 1. The van der Waals surface area contributed by atoms with E-state index in [1.165, 1.54) is 19.4 Å². The molecule has 2 saturated heterocycles. The molecule has 234 valence electrons. The van der Waals surface area contributed by atoms with Crippen molar-refractivity contribution >= 4 is 27.5 Å². The number of aliphatic carboxylic acids is 1. The Balaban J connectivity index is 1.55. The molecule has 1 aromatic carbocycles. The van der Waals surface area contributed by atoms with Crippen LogP contribution in [0.15, 0.2) is 44.7 Å². The second-order valence-electron chi connectivity index (χ2n) is 10.9. The van der Waals surface area contributed by atoms with Gasteiger partial charge in [0.25, 0.3) is 5.56 Å². The second-order valence-corrected chi connectivity index (χ2v) is 11.9. The molecule has 11 nitrogen and oxygen atoms in total. The van der Waals surface area contributed by atoms with E-state index in [1.54, 1.807) is 6.92 Å². The summed E-state index contributed by atoms with van der Waals surface area (Å²) in [6.45, 7) is -0.792. The van der Waals surface area contributed by atoms with E-state index in [0.717, 1.165) is 46.9 Å². The molecule has 0 amide bonds. The maximum Gasteiger partial charge on any atom is 0.387 e. The Kier molecular flexibility index (Phi) is 8.11. The smallest absolute Gasteiger partial charge is 0.387 e. The summed E-state index contributed by atoms with van der Waals surface area (Å²) < 4.78 is 65.9. The molecular weight excluding hydrogens is 607 g/mol. The number of fused-ring (bicyclic) bond motifs is 3. The van der Waals surface area contributed by atoms with Crippen molar-refractivity contribution in [3.63, 3.8) is 0 Å². The first-order valence-electron chi connectivity index (χ1n) is 14.0. The van der Waals surface area contributed by atoms with E-state index in [-0.39, 0.29) is 46.2 Å². The van der Waals surface area contributed by atoms with E-state index in [4.69, 9.17) is 18.6 Å². The van der Waals surface area contributed by atoms with Gasteiger partial charge in [-0.2, -0.15) is 8.78 Å². The van der Waals surface area contributed by atoms with Crippen LogP contribution in [0, 0.1) is 12.7 Å². The molecule has 1 N–H and O–H groups in total. The van der Waals surface area contributed by atoms with Crippen molar-refractivity contribution in [2.24, 2.45) is 0 Å². The fraction of sp³-hybridized carbons (Fsp3) is 0.448. The first-order chi connectivity index (χ1) is 21.0. The first-order valence-corrected chi connectivity index (χ1v) is 14.8. The summed E-state index contributed by atoms with van der Waals surface area (Å²) in [6.07, 6.45) is 3.68. The van der Waals surface area contributed by atoms with E-state index in [1.807, 2.05) is 0 Å². The average Bonchev–Trinajstić information content (AvgIpc) is 3.70. The van der Waals surface area contributed by atoms with Gasteiger partial charge in [0.05, 0.1) is 41.3 Å². The van der Waals surface area contributed by atoms with Gasteiger partial charge in [-0.15, -0.1) is 11.3 Å². The van der Waals surface area contributed by atoms with Gasteiger partial charge in [0.1, 0.15) is 34.8 Å². The van der Waals surface area contributed by atoms with E-state index in [2.05, 4.69) is 4.98 Å². The van der Waals surface area contributed by atoms with Crippen LogP contribution in [0.1, 0.15) is 55.9 Å². The van der Waals surface area contributed by atoms with Gasteiger partial charge in [-0.1, -0.05) is 0 Å². The molecule has 5 heterocycles. The molecular formula is C29H28F3N3O8S. The number of nitrogens with zero attached hydrogens (tertiary/aromatic N) is 3. The number of halogens is 3. The Morgan fingerprint density at radius 3 is 2.59 bits per heavy atom. The minimum absolute atomic E-state index is 0.0558. The molecule has 0 radical (unpaired) electrons. The summed E-state index contributed by atoms with van der Waals surface area (Å²) >= 11 is 1.02. The Bertz CT molecular complexity index is 1810. The number of aromatic nitrogens is 3. The van der Waals surface area contributed by atoms with Gasteiger partial charge in [0.2, 0.25) is 5.89 Å². The topological polar surface area (TPSA) is 135 Å². The van der Waals surface area contributed by atoms with Crippen LogP contribution in [0.3, 0.4) is 0 Å². The van der Waals surface area contributed by atoms with Gasteiger partial charge < -0.3 is 23.7 Å². The lowest BCUT2D eigenvalue weighted by atomic mass is 10.0. The average molecular weight is 636 g/mol. The van der Waals surface area contributed by atoms with Crippen LogP contribution in [-0.2, 0) is 20.8 Å². The van der Waals surface area contributed by atoms with E-state index in [9.17, 15) is 32.7 Å². The minimum atomic E-state index is -3.23. The molecule has 0 spiro atoms. The molecule has 2 bridgehead atoms. The molecule has 0 saturated carbocycles. The van der Waals surface area contributed by atoms with Crippen LogP contribution in [-0.4, -0.2) is 50.1 Å². The second kappa shape index (κ2) is 11.9.